The molecule has 2 N–H and O–H groups in total. The minimum atomic E-state index is -1.33. The number of carbonyl (C=O) groups is 1. The van der Waals surface area contributed by atoms with Crippen molar-refractivity contribution in [3.05, 3.63) is 46.0 Å². The van der Waals surface area contributed by atoms with Crippen LogP contribution in [0.15, 0.2) is 29.1 Å². The van der Waals surface area contributed by atoms with Gasteiger partial charge in [0.2, 0.25) is 0 Å². The van der Waals surface area contributed by atoms with E-state index in [4.69, 9.17) is 5.11 Å². The molecule has 0 bridgehead atoms. The molecule has 0 amide bonds. The fourth-order valence-corrected chi connectivity index (χ4v) is 1.34. The van der Waals surface area contributed by atoms with E-state index in [1.54, 1.807) is 0 Å². The zero-order chi connectivity index (χ0) is 11.0. The standard InChI is InChI=1S/C10H6FNO3/c11-6-1-2-8-5(3-6)4-7(10(14)15)9(13)12-8/h1-4H,(H,12,13)(H,14,15). The lowest BCUT2D eigenvalue weighted by molar-refractivity contribution is 0.0695. The first-order valence-corrected chi connectivity index (χ1v) is 4.14. The van der Waals surface area contributed by atoms with Gasteiger partial charge < -0.3 is 10.1 Å². The van der Waals surface area contributed by atoms with Crippen LogP contribution in [0.4, 0.5) is 4.39 Å². The molecule has 0 saturated heterocycles. The summed E-state index contributed by atoms with van der Waals surface area (Å²) in [4.78, 5) is 24.2. The van der Waals surface area contributed by atoms with E-state index in [1.165, 1.54) is 12.1 Å². The zero-order valence-electron chi connectivity index (χ0n) is 7.45. The highest BCUT2D eigenvalue weighted by atomic mass is 19.1. The molecule has 0 spiro atoms. The summed E-state index contributed by atoms with van der Waals surface area (Å²) in [5.41, 5.74) is -0.680. The number of aromatic carboxylic acids is 1. The predicted octanol–water partition coefficient (Wildman–Crippen LogP) is 1.37. The Morgan fingerprint density at radius 3 is 2.73 bits per heavy atom. The number of hydrogen-bond acceptors (Lipinski definition) is 2. The number of fused-ring (bicyclic) bond motifs is 1. The fourth-order valence-electron chi connectivity index (χ4n) is 1.34. The van der Waals surface area contributed by atoms with Gasteiger partial charge in [0, 0.05) is 10.9 Å². The quantitative estimate of drug-likeness (QED) is 0.741. The number of carboxylic acid groups (broad SMARTS) is 1. The van der Waals surface area contributed by atoms with Crippen molar-refractivity contribution in [2.45, 2.75) is 0 Å². The number of pyridine rings is 1. The van der Waals surface area contributed by atoms with E-state index in [1.807, 2.05) is 0 Å². The van der Waals surface area contributed by atoms with E-state index in [0.717, 1.165) is 12.1 Å². The molecule has 1 aromatic carbocycles. The molecule has 0 aliphatic rings. The van der Waals surface area contributed by atoms with E-state index < -0.39 is 22.9 Å². The van der Waals surface area contributed by atoms with Gasteiger partial charge in [0.1, 0.15) is 11.4 Å². The monoisotopic (exact) mass is 207 g/mol. The van der Waals surface area contributed by atoms with Crippen LogP contribution < -0.4 is 5.56 Å². The minimum Gasteiger partial charge on any atom is -0.477 e. The maximum absolute atomic E-state index is 12.8. The van der Waals surface area contributed by atoms with Gasteiger partial charge in [0.25, 0.3) is 5.56 Å². The first kappa shape index (κ1) is 9.39. The summed E-state index contributed by atoms with van der Waals surface area (Å²) in [6.07, 6.45) is 0. The van der Waals surface area contributed by atoms with Crippen LogP contribution in [-0.4, -0.2) is 16.1 Å². The molecule has 1 heterocycles. The molecule has 2 aromatic rings. The highest BCUT2D eigenvalue weighted by Gasteiger charge is 2.09. The van der Waals surface area contributed by atoms with Crippen LogP contribution in [0, 0.1) is 5.82 Å². The number of carboxylic acids is 1. The molecule has 2 rings (SSSR count). The van der Waals surface area contributed by atoms with E-state index in [2.05, 4.69) is 4.98 Å². The van der Waals surface area contributed by atoms with Gasteiger partial charge in [-0.25, -0.2) is 9.18 Å². The van der Waals surface area contributed by atoms with Gasteiger partial charge >= 0.3 is 5.97 Å². The second-order valence-corrected chi connectivity index (χ2v) is 3.05. The lowest BCUT2D eigenvalue weighted by Gasteiger charge is -1.99. The molecular formula is C10H6FNO3. The maximum atomic E-state index is 12.8. The summed E-state index contributed by atoms with van der Waals surface area (Å²) in [7, 11) is 0. The van der Waals surface area contributed by atoms with Crippen molar-refractivity contribution in [1.29, 1.82) is 0 Å². The second-order valence-electron chi connectivity index (χ2n) is 3.05. The topological polar surface area (TPSA) is 70.2 Å². The highest BCUT2D eigenvalue weighted by Crippen LogP contribution is 2.12. The van der Waals surface area contributed by atoms with Crippen molar-refractivity contribution in [2.24, 2.45) is 0 Å². The Kier molecular flexibility index (Phi) is 2.00. The van der Waals surface area contributed by atoms with E-state index in [9.17, 15) is 14.0 Å². The Bertz CT molecular complexity index is 603. The largest absolute Gasteiger partial charge is 0.477 e. The van der Waals surface area contributed by atoms with Crippen molar-refractivity contribution in [1.82, 2.24) is 4.98 Å². The molecule has 4 nitrogen and oxygen atoms in total. The molecule has 0 fully saturated rings. The van der Waals surface area contributed by atoms with E-state index in [-0.39, 0.29) is 0 Å². The van der Waals surface area contributed by atoms with Gasteiger partial charge in [0.05, 0.1) is 0 Å². The van der Waals surface area contributed by atoms with Crippen molar-refractivity contribution in [3.63, 3.8) is 0 Å². The number of hydrogen-bond donors (Lipinski definition) is 2. The molecular weight excluding hydrogens is 201 g/mol. The fraction of sp³-hybridized carbons (Fsp3) is 0. The number of halogens is 1. The van der Waals surface area contributed by atoms with Crippen molar-refractivity contribution < 1.29 is 14.3 Å². The predicted molar refractivity (Wildman–Crippen MR) is 51.5 cm³/mol. The average Bonchev–Trinajstić information content (AvgIpc) is 2.17. The van der Waals surface area contributed by atoms with Gasteiger partial charge in [0.15, 0.2) is 0 Å². The zero-order valence-corrected chi connectivity index (χ0v) is 7.45. The van der Waals surface area contributed by atoms with Crippen molar-refractivity contribution in [3.8, 4) is 0 Å². The first-order valence-electron chi connectivity index (χ1n) is 4.14. The average molecular weight is 207 g/mol. The molecule has 0 saturated carbocycles. The summed E-state index contributed by atoms with van der Waals surface area (Å²) in [5, 5.41) is 9.03. The van der Waals surface area contributed by atoms with Crippen LogP contribution in [0.2, 0.25) is 0 Å². The van der Waals surface area contributed by atoms with Crippen LogP contribution in [0.1, 0.15) is 10.4 Å². The number of benzene rings is 1. The van der Waals surface area contributed by atoms with Gasteiger partial charge in [-0.2, -0.15) is 0 Å². The molecule has 0 unspecified atom stereocenters. The molecule has 1 aromatic heterocycles. The third-order valence-electron chi connectivity index (χ3n) is 2.04. The molecule has 0 atom stereocenters. The highest BCUT2D eigenvalue weighted by molar-refractivity contribution is 5.92. The Labute approximate surface area is 83.0 Å². The summed E-state index contributed by atoms with van der Waals surface area (Å²) in [6, 6.07) is 4.90. The number of rotatable bonds is 1. The Hall–Kier alpha value is -2.17. The third-order valence-corrected chi connectivity index (χ3v) is 2.04. The van der Waals surface area contributed by atoms with Gasteiger partial charge in [-0.1, -0.05) is 0 Å². The molecule has 0 aliphatic carbocycles. The van der Waals surface area contributed by atoms with E-state index >= 15 is 0 Å². The summed E-state index contributed by atoms with van der Waals surface area (Å²) < 4.78 is 12.8. The van der Waals surface area contributed by atoms with Crippen LogP contribution in [0.3, 0.4) is 0 Å². The number of aromatic amines is 1. The van der Waals surface area contributed by atoms with E-state index in [0.29, 0.717) is 10.9 Å². The first-order chi connectivity index (χ1) is 7.08. The normalized spacial score (nSPS) is 10.5. The van der Waals surface area contributed by atoms with Crippen molar-refractivity contribution in [2.75, 3.05) is 0 Å². The minimum absolute atomic E-state index is 0.354. The maximum Gasteiger partial charge on any atom is 0.341 e. The van der Waals surface area contributed by atoms with Gasteiger partial charge in [-0.15, -0.1) is 0 Å². The third kappa shape index (κ3) is 1.59. The van der Waals surface area contributed by atoms with Crippen LogP contribution in [-0.2, 0) is 0 Å². The number of H-pyrrole nitrogens is 1. The lowest BCUT2D eigenvalue weighted by Crippen LogP contribution is -2.16. The number of aromatic nitrogens is 1. The Balaban J connectivity index is 2.83. The molecule has 5 heteroatoms. The summed E-state index contributed by atoms with van der Waals surface area (Å²) in [5.74, 6) is -1.81. The summed E-state index contributed by atoms with van der Waals surface area (Å²) in [6.45, 7) is 0. The lowest BCUT2D eigenvalue weighted by atomic mass is 10.1. The van der Waals surface area contributed by atoms with Gasteiger partial charge in [-0.3, -0.25) is 4.79 Å². The molecule has 76 valence electrons. The van der Waals surface area contributed by atoms with Crippen molar-refractivity contribution >= 4 is 16.9 Å². The van der Waals surface area contributed by atoms with Crippen LogP contribution >= 0.6 is 0 Å². The van der Waals surface area contributed by atoms with Crippen LogP contribution in [0.25, 0.3) is 10.9 Å². The van der Waals surface area contributed by atoms with Gasteiger partial charge in [-0.05, 0) is 24.3 Å². The molecule has 0 radical (unpaired) electrons. The second kappa shape index (κ2) is 3.20. The molecule has 0 aliphatic heterocycles. The SMILES string of the molecule is O=C(O)c1cc2cc(F)ccc2[nH]c1=O. The number of nitrogens with one attached hydrogen (secondary N) is 1. The Morgan fingerprint density at radius 1 is 1.33 bits per heavy atom. The summed E-state index contributed by atoms with van der Waals surface area (Å²) >= 11 is 0. The van der Waals surface area contributed by atoms with Crippen LogP contribution in [0.5, 0.6) is 0 Å². The Morgan fingerprint density at radius 2 is 2.07 bits per heavy atom. The smallest absolute Gasteiger partial charge is 0.341 e. The molecule has 15 heavy (non-hydrogen) atoms.